The number of carbonyl (C=O) groups is 1. The molecular weight excluding hydrogens is 371 g/mol. The molecule has 0 aliphatic heterocycles. The monoisotopic (exact) mass is 386 g/mol. The van der Waals surface area contributed by atoms with E-state index in [1.165, 1.54) is 18.2 Å². The zero-order valence-electron chi connectivity index (χ0n) is 14.4. The molecule has 0 aliphatic carbocycles. The number of hydrogen-bond donors (Lipinski definition) is 2. The van der Waals surface area contributed by atoms with Crippen molar-refractivity contribution < 1.29 is 13.9 Å². The van der Waals surface area contributed by atoms with Crippen molar-refractivity contribution in [3.8, 4) is 17.1 Å². The summed E-state index contributed by atoms with van der Waals surface area (Å²) in [6, 6.07) is 14.2. The van der Waals surface area contributed by atoms with Gasteiger partial charge in [0.25, 0.3) is 0 Å². The van der Waals surface area contributed by atoms with Gasteiger partial charge < -0.3 is 15.4 Å². The first-order chi connectivity index (χ1) is 13.0. The minimum atomic E-state index is -0.546. The van der Waals surface area contributed by atoms with Crippen molar-refractivity contribution in [3.63, 3.8) is 0 Å². The molecule has 0 spiro atoms. The lowest BCUT2D eigenvalue weighted by molar-refractivity contribution is 0.262. The van der Waals surface area contributed by atoms with Gasteiger partial charge in [0.05, 0.1) is 17.3 Å². The van der Waals surface area contributed by atoms with Crippen LogP contribution < -0.4 is 15.4 Å². The second-order valence-corrected chi connectivity index (χ2v) is 5.88. The van der Waals surface area contributed by atoms with Crippen molar-refractivity contribution in [1.29, 1.82) is 0 Å². The van der Waals surface area contributed by atoms with Gasteiger partial charge in [-0.15, -0.1) is 10.2 Å². The third-order valence-corrected chi connectivity index (χ3v) is 3.84. The average molecular weight is 387 g/mol. The molecular formula is C19H16ClFN4O2. The van der Waals surface area contributed by atoms with Crippen molar-refractivity contribution in [2.24, 2.45) is 0 Å². The highest BCUT2D eigenvalue weighted by Crippen LogP contribution is 2.21. The van der Waals surface area contributed by atoms with E-state index in [-0.39, 0.29) is 5.02 Å². The Morgan fingerprint density at radius 2 is 1.74 bits per heavy atom. The molecule has 3 aromatic rings. The zero-order valence-corrected chi connectivity index (χ0v) is 15.1. The topological polar surface area (TPSA) is 76.1 Å². The first-order valence-corrected chi connectivity index (χ1v) is 8.53. The van der Waals surface area contributed by atoms with Crippen molar-refractivity contribution in [2.45, 2.75) is 6.92 Å². The van der Waals surface area contributed by atoms with Gasteiger partial charge in [-0.25, -0.2) is 9.18 Å². The minimum Gasteiger partial charge on any atom is -0.477 e. The largest absolute Gasteiger partial charge is 0.477 e. The van der Waals surface area contributed by atoms with Crippen LogP contribution in [0, 0.1) is 5.82 Å². The van der Waals surface area contributed by atoms with E-state index in [0.29, 0.717) is 29.6 Å². The van der Waals surface area contributed by atoms with Gasteiger partial charge in [-0.3, -0.25) is 0 Å². The van der Waals surface area contributed by atoms with E-state index in [9.17, 15) is 9.18 Å². The summed E-state index contributed by atoms with van der Waals surface area (Å²) in [6.45, 7) is 2.41. The summed E-state index contributed by atoms with van der Waals surface area (Å²) in [5.74, 6) is -0.0762. The number of aromatic nitrogens is 2. The average Bonchev–Trinajstić information content (AvgIpc) is 2.66. The van der Waals surface area contributed by atoms with Crippen LogP contribution in [0.4, 0.5) is 20.6 Å². The third kappa shape index (κ3) is 4.92. The molecule has 138 valence electrons. The highest BCUT2D eigenvalue weighted by molar-refractivity contribution is 6.31. The van der Waals surface area contributed by atoms with Crippen LogP contribution in [0.25, 0.3) is 11.3 Å². The van der Waals surface area contributed by atoms with Crippen LogP contribution in [0.15, 0.2) is 54.6 Å². The Morgan fingerprint density at radius 3 is 2.37 bits per heavy atom. The zero-order chi connectivity index (χ0) is 19.2. The molecule has 3 rings (SSSR count). The van der Waals surface area contributed by atoms with Crippen LogP contribution >= 0.6 is 11.6 Å². The lowest BCUT2D eigenvalue weighted by atomic mass is 10.1. The number of nitrogens with zero attached hydrogens (tertiary/aromatic N) is 2. The predicted octanol–water partition coefficient (Wildman–Crippen LogP) is 4.98. The molecule has 0 bridgehead atoms. The number of ether oxygens (including phenoxy) is 1. The Labute approximate surface area is 160 Å². The molecule has 0 aliphatic rings. The van der Waals surface area contributed by atoms with E-state index in [2.05, 4.69) is 20.8 Å². The standard InChI is InChI=1S/C19H16ClFN4O2/c1-2-27-18-10-9-17(24-25-18)12-3-5-13(6-4-12)22-19(26)23-14-7-8-16(21)15(20)11-14/h3-11H,2H2,1H3,(H2,22,23,26). The number of amides is 2. The van der Waals surface area contributed by atoms with E-state index < -0.39 is 11.8 Å². The van der Waals surface area contributed by atoms with Crippen molar-refractivity contribution in [1.82, 2.24) is 10.2 Å². The van der Waals surface area contributed by atoms with Crippen LogP contribution in [0.5, 0.6) is 5.88 Å². The van der Waals surface area contributed by atoms with Crippen LogP contribution in [0.2, 0.25) is 5.02 Å². The summed E-state index contributed by atoms with van der Waals surface area (Å²) in [5.41, 5.74) is 2.51. The number of anilines is 2. The fourth-order valence-electron chi connectivity index (χ4n) is 2.29. The Bertz CT molecular complexity index is 933. The van der Waals surface area contributed by atoms with Crippen LogP contribution in [-0.4, -0.2) is 22.8 Å². The first kappa shape index (κ1) is 18.6. The number of halogens is 2. The SMILES string of the molecule is CCOc1ccc(-c2ccc(NC(=O)Nc3ccc(F)c(Cl)c3)cc2)nn1. The number of hydrogen-bond acceptors (Lipinski definition) is 4. The van der Waals surface area contributed by atoms with Gasteiger partial charge in [-0.05, 0) is 43.3 Å². The van der Waals surface area contributed by atoms with Gasteiger partial charge in [0.2, 0.25) is 5.88 Å². The van der Waals surface area contributed by atoms with E-state index in [1.54, 1.807) is 18.2 Å². The smallest absolute Gasteiger partial charge is 0.323 e. The number of nitrogens with one attached hydrogen (secondary N) is 2. The molecule has 6 nitrogen and oxygen atoms in total. The van der Waals surface area contributed by atoms with Crippen LogP contribution in [0.3, 0.4) is 0 Å². The van der Waals surface area contributed by atoms with Crippen molar-refractivity contribution in [2.75, 3.05) is 17.2 Å². The maximum Gasteiger partial charge on any atom is 0.323 e. The van der Waals surface area contributed by atoms with Gasteiger partial charge in [-0.2, -0.15) is 0 Å². The van der Waals surface area contributed by atoms with Crippen LogP contribution in [-0.2, 0) is 0 Å². The van der Waals surface area contributed by atoms with Gasteiger partial charge in [0, 0.05) is 23.0 Å². The molecule has 0 atom stereocenters. The molecule has 2 amide bonds. The fourth-order valence-corrected chi connectivity index (χ4v) is 2.47. The lowest BCUT2D eigenvalue weighted by Gasteiger charge is -2.09. The highest BCUT2D eigenvalue weighted by Gasteiger charge is 2.07. The first-order valence-electron chi connectivity index (χ1n) is 8.15. The molecule has 0 saturated heterocycles. The van der Waals surface area contributed by atoms with E-state index >= 15 is 0 Å². The summed E-state index contributed by atoms with van der Waals surface area (Å²) in [5, 5.41) is 13.3. The second kappa shape index (κ2) is 8.46. The van der Waals surface area contributed by atoms with Gasteiger partial charge in [0.1, 0.15) is 5.82 Å². The molecule has 2 N–H and O–H groups in total. The van der Waals surface area contributed by atoms with Gasteiger partial charge in [0.15, 0.2) is 0 Å². The molecule has 1 aromatic heterocycles. The Balaban J connectivity index is 1.62. The van der Waals surface area contributed by atoms with Gasteiger partial charge in [-0.1, -0.05) is 23.7 Å². The molecule has 0 unspecified atom stereocenters. The fraction of sp³-hybridized carbons (Fsp3) is 0.105. The van der Waals surface area contributed by atoms with Crippen LogP contribution in [0.1, 0.15) is 6.92 Å². The Kier molecular flexibility index (Phi) is 5.83. The predicted molar refractivity (Wildman–Crippen MR) is 103 cm³/mol. The highest BCUT2D eigenvalue weighted by atomic mass is 35.5. The summed E-state index contributed by atoms with van der Waals surface area (Å²) in [7, 11) is 0. The van der Waals surface area contributed by atoms with E-state index in [0.717, 1.165) is 5.56 Å². The summed E-state index contributed by atoms with van der Waals surface area (Å²) in [6.07, 6.45) is 0. The summed E-state index contributed by atoms with van der Waals surface area (Å²) < 4.78 is 18.4. The molecule has 1 heterocycles. The quantitative estimate of drug-likeness (QED) is 0.648. The normalized spacial score (nSPS) is 10.3. The summed E-state index contributed by atoms with van der Waals surface area (Å²) in [4.78, 5) is 12.0. The maximum atomic E-state index is 13.1. The number of urea groups is 1. The Morgan fingerprint density at radius 1 is 1.04 bits per heavy atom. The maximum absolute atomic E-state index is 13.1. The van der Waals surface area contributed by atoms with E-state index in [1.807, 2.05) is 25.1 Å². The van der Waals surface area contributed by atoms with Gasteiger partial charge >= 0.3 is 6.03 Å². The van der Waals surface area contributed by atoms with Crippen molar-refractivity contribution >= 4 is 29.0 Å². The van der Waals surface area contributed by atoms with Crippen molar-refractivity contribution in [3.05, 3.63) is 65.4 Å². The molecule has 0 saturated carbocycles. The molecule has 27 heavy (non-hydrogen) atoms. The number of benzene rings is 2. The molecule has 0 fully saturated rings. The summed E-state index contributed by atoms with van der Waals surface area (Å²) >= 11 is 5.69. The second-order valence-electron chi connectivity index (χ2n) is 5.48. The molecule has 8 heteroatoms. The van der Waals surface area contributed by atoms with E-state index in [4.69, 9.17) is 16.3 Å². The Hall–Kier alpha value is -3.19. The molecule has 0 radical (unpaired) electrons. The molecule has 2 aromatic carbocycles. The lowest BCUT2D eigenvalue weighted by Crippen LogP contribution is -2.19. The minimum absolute atomic E-state index is 0.0615. The number of rotatable bonds is 5. The third-order valence-electron chi connectivity index (χ3n) is 3.55. The number of carbonyl (C=O) groups excluding carboxylic acids is 1.